The predicted octanol–water partition coefficient (Wildman–Crippen LogP) is 3.27. The summed E-state index contributed by atoms with van der Waals surface area (Å²) in [5.41, 5.74) is 1.15. The molecule has 4 bridgehead atoms. The van der Waals surface area contributed by atoms with E-state index >= 15 is 0 Å². The number of amides is 1. The van der Waals surface area contributed by atoms with Gasteiger partial charge in [0.1, 0.15) is 0 Å². The van der Waals surface area contributed by atoms with Crippen LogP contribution in [0, 0.1) is 30.1 Å². The molecule has 5 rings (SSSR count). The van der Waals surface area contributed by atoms with E-state index in [1.54, 1.807) is 6.07 Å². The molecule has 0 aliphatic heterocycles. The molecule has 0 aromatic carbocycles. The lowest BCUT2D eigenvalue weighted by Gasteiger charge is -2.57. The summed E-state index contributed by atoms with van der Waals surface area (Å²) in [6, 6.07) is 1.73. The Kier molecular flexibility index (Phi) is 2.92. The molecule has 4 saturated carbocycles. The summed E-state index contributed by atoms with van der Waals surface area (Å²) >= 11 is 0. The Labute approximate surface area is 125 Å². The van der Waals surface area contributed by atoms with Gasteiger partial charge < -0.3 is 9.42 Å². The highest BCUT2D eigenvalue weighted by Gasteiger charge is 2.51. The molecule has 4 heteroatoms. The molecule has 0 unspecified atom stereocenters. The van der Waals surface area contributed by atoms with Crippen LogP contribution in [0.25, 0.3) is 0 Å². The molecule has 1 aromatic heterocycles. The first kappa shape index (κ1) is 13.4. The highest BCUT2D eigenvalue weighted by molar-refractivity contribution is 5.91. The minimum absolute atomic E-state index is 0.0219. The number of nitrogens with zero attached hydrogens (tertiary/aromatic N) is 2. The van der Waals surface area contributed by atoms with Crippen LogP contribution in [0.4, 0.5) is 0 Å². The van der Waals surface area contributed by atoms with Gasteiger partial charge in [0.15, 0.2) is 0 Å². The third kappa shape index (κ3) is 2.29. The van der Waals surface area contributed by atoms with Crippen molar-refractivity contribution in [3.05, 3.63) is 17.5 Å². The summed E-state index contributed by atoms with van der Waals surface area (Å²) in [5.74, 6) is 3.12. The molecule has 0 atom stereocenters. The zero-order valence-electron chi connectivity index (χ0n) is 13.0. The van der Waals surface area contributed by atoms with Gasteiger partial charge in [0, 0.05) is 19.7 Å². The zero-order valence-corrected chi connectivity index (χ0v) is 13.0. The Balaban J connectivity index is 1.49. The normalized spacial score (nSPS) is 37.0. The Bertz CT molecular complexity index is 528. The van der Waals surface area contributed by atoms with Crippen LogP contribution in [0.5, 0.6) is 0 Å². The molecule has 4 aliphatic carbocycles. The summed E-state index contributed by atoms with van der Waals surface area (Å²) in [5, 5.41) is 3.82. The summed E-state index contributed by atoms with van der Waals surface area (Å²) in [6.07, 6.45) is 8.30. The minimum Gasteiger partial charge on any atom is -0.351 e. The molecule has 4 aliphatic rings. The van der Waals surface area contributed by atoms with Crippen molar-refractivity contribution in [3.8, 4) is 0 Å². The minimum atomic E-state index is -0.0219. The summed E-state index contributed by atoms with van der Waals surface area (Å²) < 4.78 is 5.13. The third-order valence-corrected chi connectivity index (χ3v) is 5.92. The van der Waals surface area contributed by atoms with Crippen LogP contribution in [0.1, 0.15) is 54.8 Å². The second-order valence-electron chi connectivity index (χ2n) is 7.91. The topological polar surface area (TPSA) is 46.3 Å². The van der Waals surface area contributed by atoms with Crippen molar-refractivity contribution in [2.24, 2.45) is 23.2 Å². The van der Waals surface area contributed by atoms with E-state index in [4.69, 9.17) is 4.52 Å². The summed E-state index contributed by atoms with van der Waals surface area (Å²) in [7, 11) is 1.92. The smallest absolute Gasteiger partial charge is 0.292 e. The van der Waals surface area contributed by atoms with Crippen LogP contribution in [-0.2, 0) is 0 Å². The fourth-order valence-electron chi connectivity index (χ4n) is 5.71. The lowest BCUT2D eigenvalue weighted by molar-refractivity contribution is -0.0631. The van der Waals surface area contributed by atoms with E-state index in [-0.39, 0.29) is 5.91 Å². The van der Waals surface area contributed by atoms with Crippen molar-refractivity contribution in [2.45, 2.75) is 45.4 Å². The monoisotopic (exact) mass is 288 g/mol. The van der Waals surface area contributed by atoms with Gasteiger partial charge in [-0.25, -0.2) is 0 Å². The van der Waals surface area contributed by atoms with Crippen LogP contribution < -0.4 is 0 Å². The van der Waals surface area contributed by atoms with Gasteiger partial charge in [-0.15, -0.1) is 0 Å². The molecule has 4 fully saturated rings. The molecule has 21 heavy (non-hydrogen) atoms. The van der Waals surface area contributed by atoms with Crippen LogP contribution in [-0.4, -0.2) is 29.6 Å². The van der Waals surface area contributed by atoms with E-state index in [0.717, 1.165) is 30.0 Å². The zero-order chi connectivity index (χ0) is 14.6. The van der Waals surface area contributed by atoms with Crippen LogP contribution in [0.15, 0.2) is 10.6 Å². The highest BCUT2D eigenvalue weighted by atomic mass is 16.5. The van der Waals surface area contributed by atoms with Gasteiger partial charge >= 0.3 is 0 Å². The average Bonchev–Trinajstić information content (AvgIpc) is 2.82. The quantitative estimate of drug-likeness (QED) is 0.857. The molecule has 0 spiro atoms. The van der Waals surface area contributed by atoms with Crippen molar-refractivity contribution in [3.63, 3.8) is 0 Å². The van der Waals surface area contributed by atoms with Gasteiger partial charge in [0.05, 0.1) is 5.69 Å². The summed E-state index contributed by atoms with van der Waals surface area (Å²) in [4.78, 5) is 14.3. The SMILES string of the molecule is Cc1cc(C(=O)N(C)CC23CC4CC(CC(C4)C2)C3)on1. The summed E-state index contributed by atoms with van der Waals surface area (Å²) in [6.45, 7) is 2.73. The number of rotatable bonds is 3. The first-order valence-corrected chi connectivity index (χ1v) is 8.22. The maximum absolute atomic E-state index is 12.5. The van der Waals surface area contributed by atoms with Gasteiger partial charge in [-0.3, -0.25) is 4.79 Å². The molecule has 0 saturated heterocycles. The van der Waals surface area contributed by atoms with Crippen molar-refractivity contribution in [1.82, 2.24) is 10.1 Å². The maximum Gasteiger partial charge on any atom is 0.292 e. The lowest BCUT2D eigenvalue weighted by atomic mass is 9.49. The van der Waals surface area contributed by atoms with Crippen molar-refractivity contribution in [2.75, 3.05) is 13.6 Å². The van der Waals surface area contributed by atoms with Crippen molar-refractivity contribution in [1.29, 1.82) is 0 Å². The Morgan fingerprint density at radius 3 is 2.33 bits per heavy atom. The number of hydrogen-bond acceptors (Lipinski definition) is 3. The van der Waals surface area contributed by atoms with Gasteiger partial charge in [-0.05, 0) is 68.6 Å². The number of carbonyl (C=O) groups is 1. The molecule has 4 nitrogen and oxygen atoms in total. The molecule has 0 radical (unpaired) electrons. The van der Waals surface area contributed by atoms with E-state index in [1.807, 2.05) is 18.9 Å². The lowest BCUT2D eigenvalue weighted by Crippen LogP contribution is -2.51. The standard InChI is InChI=1S/C17H24N2O2/c1-11-3-15(21-18-11)16(20)19(2)10-17-7-12-4-13(8-17)6-14(5-12)9-17/h3,12-14H,4-10H2,1-2H3. The molecule has 114 valence electrons. The molecule has 1 heterocycles. The maximum atomic E-state index is 12.5. The van der Waals surface area contributed by atoms with E-state index in [1.165, 1.54) is 38.5 Å². The molecule has 1 amide bonds. The van der Waals surface area contributed by atoms with Crippen molar-refractivity contribution < 1.29 is 9.32 Å². The second kappa shape index (κ2) is 4.59. The molecular formula is C17H24N2O2. The fourth-order valence-corrected chi connectivity index (χ4v) is 5.71. The van der Waals surface area contributed by atoms with E-state index in [9.17, 15) is 4.79 Å². The average molecular weight is 288 g/mol. The number of hydrogen-bond donors (Lipinski definition) is 0. The van der Waals surface area contributed by atoms with Crippen LogP contribution in [0.3, 0.4) is 0 Å². The number of carbonyl (C=O) groups excluding carboxylic acids is 1. The second-order valence-corrected chi connectivity index (χ2v) is 7.91. The highest BCUT2D eigenvalue weighted by Crippen LogP contribution is 2.60. The number of aromatic nitrogens is 1. The Morgan fingerprint density at radius 2 is 1.86 bits per heavy atom. The molecule has 0 N–H and O–H groups in total. The van der Waals surface area contributed by atoms with Crippen LogP contribution in [0.2, 0.25) is 0 Å². The van der Waals surface area contributed by atoms with Gasteiger partial charge in [0.2, 0.25) is 5.76 Å². The van der Waals surface area contributed by atoms with Crippen LogP contribution >= 0.6 is 0 Å². The van der Waals surface area contributed by atoms with E-state index < -0.39 is 0 Å². The Morgan fingerprint density at radius 1 is 1.29 bits per heavy atom. The van der Waals surface area contributed by atoms with E-state index in [0.29, 0.717) is 11.2 Å². The van der Waals surface area contributed by atoms with Gasteiger partial charge in [-0.2, -0.15) is 0 Å². The van der Waals surface area contributed by atoms with Gasteiger partial charge in [0.25, 0.3) is 5.91 Å². The first-order chi connectivity index (χ1) is 10.0. The third-order valence-electron chi connectivity index (χ3n) is 5.92. The number of aryl methyl sites for hydroxylation is 1. The Hall–Kier alpha value is -1.32. The van der Waals surface area contributed by atoms with Gasteiger partial charge in [-0.1, -0.05) is 5.16 Å². The molecule has 1 aromatic rings. The van der Waals surface area contributed by atoms with Crippen molar-refractivity contribution >= 4 is 5.91 Å². The van der Waals surface area contributed by atoms with E-state index in [2.05, 4.69) is 5.16 Å². The fraction of sp³-hybridized carbons (Fsp3) is 0.765. The first-order valence-electron chi connectivity index (χ1n) is 8.22. The predicted molar refractivity (Wildman–Crippen MR) is 78.8 cm³/mol. The largest absolute Gasteiger partial charge is 0.351 e. The molecular weight excluding hydrogens is 264 g/mol.